The number of para-hydroxylation sites is 1. The van der Waals surface area contributed by atoms with E-state index in [2.05, 4.69) is 5.32 Å². The summed E-state index contributed by atoms with van der Waals surface area (Å²) in [5.41, 5.74) is 2.12. The van der Waals surface area contributed by atoms with Crippen LogP contribution in [0.3, 0.4) is 0 Å². The number of furan rings is 1. The highest BCUT2D eigenvalue weighted by molar-refractivity contribution is 6.21. The van der Waals surface area contributed by atoms with E-state index in [1.807, 2.05) is 36.4 Å². The van der Waals surface area contributed by atoms with Crippen LogP contribution >= 0.6 is 0 Å². The zero-order chi connectivity index (χ0) is 20.1. The molecule has 0 saturated heterocycles. The van der Waals surface area contributed by atoms with Crippen molar-refractivity contribution in [3.8, 4) is 0 Å². The Morgan fingerprint density at radius 2 is 1.66 bits per heavy atom. The highest BCUT2D eigenvalue weighted by Gasteiger charge is 2.36. The zero-order valence-electron chi connectivity index (χ0n) is 14.9. The number of hydrogen-bond acceptors (Lipinski definition) is 6. The van der Waals surface area contributed by atoms with Crippen molar-refractivity contribution in [2.24, 2.45) is 0 Å². The number of nitrogens with one attached hydrogen (secondary N) is 1. The minimum atomic E-state index is -0.596. The van der Waals surface area contributed by atoms with E-state index in [4.69, 9.17) is 4.42 Å². The van der Waals surface area contributed by atoms with Crippen molar-refractivity contribution in [3.05, 3.63) is 81.9 Å². The van der Waals surface area contributed by atoms with Crippen LogP contribution < -0.4 is 5.32 Å². The van der Waals surface area contributed by atoms with E-state index in [1.165, 1.54) is 12.1 Å². The molecule has 1 N–H and O–H groups in total. The van der Waals surface area contributed by atoms with Gasteiger partial charge in [0.25, 0.3) is 17.5 Å². The summed E-state index contributed by atoms with van der Waals surface area (Å²) in [5, 5.41) is 16.0. The molecule has 0 atom stereocenters. The lowest BCUT2D eigenvalue weighted by atomic mass is 10.1. The van der Waals surface area contributed by atoms with Gasteiger partial charge in [-0.15, -0.1) is 0 Å². The molecule has 0 saturated carbocycles. The van der Waals surface area contributed by atoms with E-state index in [-0.39, 0.29) is 23.5 Å². The van der Waals surface area contributed by atoms with Crippen molar-refractivity contribution in [3.63, 3.8) is 0 Å². The van der Waals surface area contributed by atoms with Gasteiger partial charge in [-0.25, -0.2) is 0 Å². The summed E-state index contributed by atoms with van der Waals surface area (Å²) in [5.74, 6) is -1.05. The SMILES string of the molecule is O=C1c2ccc([N+](=O)[O-])cc2C(=O)N1CNc1ccc2c(c1)oc1ccccc12. The van der Waals surface area contributed by atoms with Gasteiger partial charge in [-0.2, -0.15) is 0 Å². The Morgan fingerprint density at radius 1 is 0.897 bits per heavy atom. The first-order valence-electron chi connectivity index (χ1n) is 8.83. The Kier molecular flexibility index (Phi) is 3.60. The summed E-state index contributed by atoms with van der Waals surface area (Å²) >= 11 is 0. The molecule has 0 radical (unpaired) electrons. The van der Waals surface area contributed by atoms with Gasteiger partial charge >= 0.3 is 0 Å². The molecular formula is C21H13N3O5. The number of amides is 2. The molecule has 2 amide bonds. The third-order valence-electron chi connectivity index (χ3n) is 4.99. The lowest BCUT2D eigenvalue weighted by molar-refractivity contribution is -0.384. The molecule has 2 heterocycles. The number of carbonyl (C=O) groups is 2. The maximum absolute atomic E-state index is 12.6. The van der Waals surface area contributed by atoms with Crippen molar-refractivity contribution in [2.75, 3.05) is 12.0 Å². The number of hydrogen-bond donors (Lipinski definition) is 1. The normalized spacial score (nSPS) is 13.3. The molecule has 0 aliphatic carbocycles. The largest absolute Gasteiger partial charge is 0.456 e. The fraction of sp³-hybridized carbons (Fsp3) is 0.0476. The molecule has 8 heteroatoms. The van der Waals surface area contributed by atoms with Gasteiger partial charge < -0.3 is 9.73 Å². The van der Waals surface area contributed by atoms with Crippen LogP contribution in [-0.2, 0) is 0 Å². The van der Waals surface area contributed by atoms with Crippen LogP contribution in [-0.4, -0.2) is 28.3 Å². The maximum atomic E-state index is 12.6. The molecule has 1 aliphatic rings. The van der Waals surface area contributed by atoms with Crippen molar-refractivity contribution in [1.82, 2.24) is 4.90 Å². The number of fused-ring (bicyclic) bond motifs is 4. The molecule has 142 valence electrons. The topological polar surface area (TPSA) is 106 Å². The fourth-order valence-corrected chi connectivity index (χ4v) is 3.54. The zero-order valence-corrected chi connectivity index (χ0v) is 14.9. The smallest absolute Gasteiger partial charge is 0.270 e. The average molecular weight is 387 g/mol. The second-order valence-corrected chi connectivity index (χ2v) is 6.67. The van der Waals surface area contributed by atoms with Crippen LogP contribution in [0.4, 0.5) is 11.4 Å². The van der Waals surface area contributed by atoms with Crippen LogP contribution in [0.1, 0.15) is 20.7 Å². The molecule has 1 aliphatic heterocycles. The molecule has 8 nitrogen and oxygen atoms in total. The standard InChI is InChI=1S/C21H13N3O5/c25-20-16-8-6-13(24(27)28)10-17(16)21(26)23(20)11-22-12-5-7-15-14-3-1-2-4-18(14)29-19(15)9-12/h1-10,22H,11H2. The summed E-state index contributed by atoms with van der Waals surface area (Å²) in [6.07, 6.45) is 0. The number of imide groups is 1. The highest BCUT2D eigenvalue weighted by Crippen LogP contribution is 2.31. The third-order valence-corrected chi connectivity index (χ3v) is 4.99. The first kappa shape index (κ1) is 16.9. The number of nitrogens with zero attached hydrogens (tertiary/aromatic N) is 2. The van der Waals surface area contributed by atoms with E-state index in [1.54, 1.807) is 6.07 Å². The third kappa shape index (κ3) is 2.61. The van der Waals surface area contributed by atoms with E-state index >= 15 is 0 Å². The number of rotatable bonds is 4. The molecule has 1 aromatic heterocycles. The monoisotopic (exact) mass is 387 g/mol. The van der Waals surface area contributed by atoms with E-state index in [9.17, 15) is 19.7 Å². The van der Waals surface area contributed by atoms with Gasteiger partial charge in [0.2, 0.25) is 0 Å². The molecule has 0 fully saturated rings. The number of non-ortho nitro benzene ring substituents is 1. The van der Waals surface area contributed by atoms with Crippen molar-refractivity contribution in [2.45, 2.75) is 0 Å². The van der Waals surface area contributed by atoms with Gasteiger partial charge in [-0.3, -0.25) is 24.6 Å². The Balaban J connectivity index is 1.39. The number of nitro groups is 1. The molecule has 0 spiro atoms. The minimum Gasteiger partial charge on any atom is -0.456 e. The molecule has 0 bridgehead atoms. The quantitative estimate of drug-likeness (QED) is 0.320. The summed E-state index contributed by atoms with van der Waals surface area (Å²) in [4.78, 5) is 36.4. The Hall–Kier alpha value is -4.20. The van der Waals surface area contributed by atoms with Crippen LogP contribution in [0, 0.1) is 10.1 Å². The van der Waals surface area contributed by atoms with Gasteiger partial charge in [0.15, 0.2) is 0 Å². The van der Waals surface area contributed by atoms with Crippen LogP contribution in [0.25, 0.3) is 21.9 Å². The van der Waals surface area contributed by atoms with Crippen molar-refractivity contribution >= 4 is 45.1 Å². The second kappa shape index (κ2) is 6.16. The summed E-state index contributed by atoms with van der Waals surface area (Å²) in [7, 11) is 0. The number of benzene rings is 3. The first-order valence-corrected chi connectivity index (χ1v) is 8.83. The van der Waals surface area contributed by atoms with Gasteiger partial charge in [-0.1, -0.05) is 18.2 Å². The molecular weight excluding hydrogens is 374 g/mol. The molecule has 29 heavy (non-hydrogen) atoms. The van der Waals surface area contributed by atoms with E-state index < -0.39 is 16.7 Å². The fourth-order valence-electron chi connectivity index (χ4n) is 3.54. The van der Waals surface area contributed by atoms with E-state index in [0.717, 1.165) is 27.3 Å². The number of nitro benzene ring substituents is 1. The summed E-state index contributed by atoms with van der Waals surface area (Å²) in [6.45, 7) is -0.0636. The lowest BCUT2D eigenvalue weighted by Crippen LogP contribution is -2.34. The predicted molar refractivity (Wildman–Crippen MR) is 106 cm³/mol. The molecule has 3 aromatic carbocycles. The summed E-state index contributed by atoms with van der Waals surface area (Å²) in [6, 6.07) is 16.9. The Bertz CT molecular complexity index is 1340. The highest BCUT2D eigenvalue weighted by atomic mass is 16.6. The van der Waals surface area contributed by atoms with Crippen LogP contribution in [0.5, 0.6) is 0 Å². The van der Waals surface area contributed by atoms with Crippen molar-refractivity contribution in [1.29, 1.82) is 0 Å². The van der Waals surface area contributed by atoms with Gasteiger partial charge in [0, 0.05) is 34.7 Å². The number of carbonyl (C=O) groups excluding carboxylic acids is 2. The van der Waals surface area contributed by atoms with Gasteiger partial charge in [0.05, 0.1) is 22.7 Å². The van der Waals surface area contributed by atoms with E-state index in [0.29, 0.717) is 11.3 Å². The Labute approximate surface area is 163 Å². The minimum absolute atomic E-state index is 0.0405. The molecule has 0 unspecified atom stereocenters. The second-order valence-electron chi connectivity index (χ2n) is 6.67. The molecule has 4 aromatic rings. The Morgan fingerprint density at radius 3 is 2.48 bits per heavy atom. The predicted octanol–water partition coefficient (Wildman–Crippen LogP) is 4.16. The van der Waals surface area contributed by atoms with Crippen LogP contribution in [0.2, 0.25) is 0 Å². The van der Waals surface area contributed by atoms with Crippen molar-refractivity contribution < 1.29 is 18.9 Å². The van der Waals surface area contributed by atoms with Crippen LogP contribution in [0.15, 0.2) is 65.1 Å². The lowest BCUT2D eigenvalue weighted by Gasteiger charge is -2.15. The number of anilines is 1. The van der Waals surface area contributed by atoms with Gasteiger partial charge in [-0.05, 0) is 24.3 Å². The molecule has 5 rings (SSSR count). The summed E-state index contributed by atoms with van der Waals surface area (Å²) < 4.78 is 5.84. The maximum Gasteiger partial charge on any atom is 0.270 e. The average Bonchev–Trinajstić information content (AvgIpc) is 3.21. The van der Waals surface area contributed by atoms with Gasteiger partial charge in [0.1, 0.15) is 11.2 Å². The first-order chi connectivity index (χ1) is 14.0.